The summed E-state index contributed by atoms with van der Waals surface area (Å²) < 4.78 is 57.4. The van der Waals surface area contributed by atoms with E-state index in [0.717, 1.165) is 13.2 Å². The molecular formula is C8H13ClF3N2O2S+. The molecule has 0 saturated heterocycles. The molecule has 0 rings (SSSR count). The highest BCUT2D eigenvalue weighted by Crippen LogP contribution is 2.30. The second-order valence-electron chi connectivity index (χ2n) is 3.32. The average molecular weight is 294 g/mol. The maximum Gasteiger partial charge on any atom is 0.413 e. The standard InChI is InChI=1S/C8H12ClF3N2O2S/c1-5(8(10,11)12)7(9)6(14-13-2)4-17(3,15)16/h13H,4H2,1-3H3/p+1/b7-5-,14-6-. The Morgan fingerprint density at radius 1 is 1.53 bits per heavy atom. The van der Waals surface area contributed by atoms with Gasteiger partial charge in [0.2, 0.25) is 10.2 Å². The van der Waals surface area contributed by atoms with Gasteiger partial charge in [-0.1, -0.05) is 15.8 Å². The molecule has 1 unspecified atom stereocenters. The van der Waals surface area contributed by atoms with Gasteiger partial charge in [-0.2, -0.15) is 22.8 Å². The van der Waals surface area contributed by atoms with Crippen molar-refractivity contribution in [2.24, 2.45) is 5.10 Å². The van der Waals surface area contributed by atoms with E-state index in [1.165, 1.54) is 7.05 Å². The maximum atomic E-state index is 12.4. The third-order valence-electron chi connectivity index (χ3n) is 1.66. The Morgan fingerprint density at radius 2 is 2.00 bits per heavy atom. The summed E-state index contributed by atoms with van der Waals surface area (Å²) in [6, 6.07) is 0. The summed E-state index contributed by atoms with van der Waals surface area (Å²) in [6.45, 7) is 0.780. The second kappa shape index (κ2) is 5.83. The number of hydrazone groups is 1. The molecule has 0 aromatic carbocycles. The SMILES string of the molecule is CN/N=C(C[S+](C)(=O)O)\C(Cl)=C(/C)C(F)(F)F. The molecular weight excluding hydrogens is 281 g/mol. The van der Waals surface area contributed by atoms with Gasteiger partial charge in [0, 0.05) is 7.05 Å². The molecule has 9 heteroatoms. The lowest BCUT2D eigenvalue weighted by atomic mass is 10.2. The van der Waals surface area contributed by atoms with Crippen molar-refractivity contribution in [1.82, 2.24) is 5.43 Å². The second-order valence-corrected chi connectivity index (χ2v) is 5.91. The Bertz CT molecular complexity index is 387. The number of rotatable bonds is 4. The van der Waals surface area contributed by atoms with Crippen molar-refractivity contribution in [2.45, 2.75) is 13.1 Å². The molecule has 0 heterocycles. The highest BCUT2D eigenvalue weighted by molar-refractivity contribution is 7.97. The first-order valence-electron chi connectivity index (χ1n) is 4.35. The Balaban J connectivity index is 5.38. The fraction of sp³-hybridized carbons (Fsp3) is 0.625. The first kappa shape index (κ1) is 16.4. The Hall–Kier alpha value is -0.600. The van der Waals surface area contributed by atoms with E-state index < -0.39 is 32.7 Å². The molecule has 0 fully saturated rings. The Kier molecular flexibility index (Phi) is 5.63. The summed E-state index contributed by atoms with van der Waals surface area (Å²) in [5, 5.41) is 2.81. The smallest absolute Gasteiger partial charge is 0.313 e. The summed E-state index contributed by atoms with van der Waals surface area (Å²) in [7, 11) is -1.93. The van der Waals surface area contributed by atoms with Crippen molar-refractivity contribution in [1.29, 1.82) is 0 Å². The predicted octanol–water partition coefficient (Wildman–Crippen LogP) is 2.24. The molecule has 0 aliphatic heterocycles. The van der Waals surface area contributed by atoms with Gasteiger partial charge in [0.05, 0.1) is 10.6 Å². The lowest BCUT2D eigenvalue weighted by Gasteiger charge is -2.10. The quantitative estimate of drug-likeness (QED) is 0.475. The third kappa shape index (κ3) is 6.04. The van der Waals surface area contributed by atoms with Gasteiger partial charge in [0.25, 0.3) is 0 Å². The van der Waals surface area contributed by atoms with E-state index in [4.69, 9.17) is 16.2 Å². The van der Waals surface area contributed by atoms with E-state index >= 15 is 0 Å². The first-order valence-corrected chi connectivity index (χ1v) is 6.82. The zero-order valence-electron chi connectivity index (χ0n) is 9.43. The van der Waals surface area contributed by atoms with Crippen LogP contribution >= 0.6 is 11.6 Å². The van der Waals surface area contributed by atoms with Gasteiger partial charge in [-0.05, 0) is 6.92 Å². The Morgan fingerprint density at radius 3 is 2.29 bits per heavy atom. The minimum absolute atomic E-state index is 0.306. The molecule has 0 amide bonds. The van der Waals surface area contributed by atoms with Crippen LogP contribution in [0.1, 0.15) is 6.92 Å². The first-order chi connectivity index (χ1) is 7.49. The molecule has 0 aromatic heterocycles. The number of hydrogen-bond acceptors (Lipinski definition) is 3. The molecule has 17 heavy (non-hydrogen) atoms. The van der Waals surface area contributed by atoms with Gasteiger partial charge in [0.1, 0.15) is 12.0 Å². The monoisotopic (exact) mass is 293 g/mol. The highest BCUT2D eigenvalue weighted by atomic mass is 35.5. The maximum absolute atomic E-state index is 12.4. The normalized spacial score (nSPS) is 18.5. The number of alkyl halides is 3. The van der Waals surface area contributed by atoms with E-state index in [0.29, 0.717) is 0 Å². The van der Waals surface area contributed by atoms with Crippen molar-refractivity contribution < 1.29 is 21.9 Å². The molecule has 1 atom stereocenters. The van der Waals surface area contributed by atoms with Gasteiger partial charge in [-0.3, -0.25) is 0 Å². The molecule has 0 aliphatic rings. The van der Waals surface area contributed by atoms with Gasteiger partial charge in [-0.15, -0.1) is 0 Å². The summed E-state index contributed by atoms with van der Waals surface area (Å²) in [4.78, 5) is 0. The molecule has 2 N–H and O–H groups in total. The topological polar surface area (TPSA) is 61.7 Å². The minimum Gasteiger partial charge on any atom is -0.313 e. The van der Waals surface area contributed by atoms with Crippen LogP contribution in [0.15, 0.2) is 15.7 Å². The van der Waals surface area contributed by atoms with Crippen molar-refractivity contribution in [3.8, 4) is 0 Å². The van der Waals surface area contributed by atoms with Crippen LogP contribution in [-0.4, -0.2) is 35.5 Å². The number of halogens is 4. The van der Waals surface area contributed by atoms with Crippen LogP contribution < -0.4 is 5.43 Å². The van der Waals surface area contributed by atoms with Crippen LogP contribution in [0.5, 0.6) is 0 Å². The van der Waals surface area contributed by atoms with E-state index in [1.807, 2.05) is 0 Å². The van der Waals surface area contributed by atoms with Crippen LogP contribution in [0.4, 0.5) is 13.2 Å². The lowest BCUT2D eigenvalue weighted by Crippen LogP contribution is -2.24. The molecule has 0 radical (unpaired) electrons. The third-order valence-corrected chi connectivity index (χ3v) is 2.97. The Labute approximate surface area is 103 Å². The molecule has 0 bridgehead atoms. The molecule has 0 spiro atoms. The zero-order valence-corrected chi connectivity index (χ0v) is 11.0. The largest absolute Gasteiger partial charge is 0.413 e. The number of hydrogen-bond donors (Lipinski definition) is 2. The summed E-state index contributed by atoms with van der Waals surface area (Å²) in [5.41, 5.74) is 0.878. The van der Waals surface area contributed by atoms with E-state index in [9.17, 15) is 17.4 Å². The molecule has 0 aromatic rings. The zero-order chi connectivity index (χ0) is 13.9. The van der Waals surface area contributed by atoms with Crippen LogP contribution in [0.25, 0.3) is 0 Å². The van der Waals surface area contributed by atoms with Gasteiger partial charge in [0.15, 0.2) is 5.75 Å². The molecule has 4 nitrogen and oxygen atoms in total. The van der Waals surface area contributed by atoms with Crippen LogP contribution in [0.2, 0.25) is 0 Å². The van der Waals surface area contributed by atoms with E-state index in [1.54, 1.807) is 0 Å². The fourth-order valence-corrected chi connectivity index (χ4v) is 1.89. The van der Waals surface area contributed by atoms with Crippen LogP contribution in [0, 0.1) is 0 Å². The predicted molar refractivity (Wildman–Crippen MR) is 62.6 cm³/mol. The number of allylic oxidation sites excluding steroid dienone is 2. The fourth-order valence-electron chi connectivity index (χ4n) is 0.874. The van der Waals surface area contributed by atoms with Gasteiger partial charge in [-0.25, -0.2) is 0 Å². The van der Waals surface area contributed by atoms with Crippen molar-refractivity contribution >= 4 is 27.5 Å². The van der Waals surface area contributed by atoms with Crippen molar-refractivity contribution in [3.63, 3.8) is 0 Å². The lowest BCUT2D eigenvalue weighted by molar-refractivity contribution is -0.0914. The number of nitrogens with one attached hydrogen (secondary N) is 1. The highest BCUT2D eigenvalue weighted by Gasteiger charge is 2.35. The number of nitrogens with zero attached hydrogens (tertiary/aromatic N) is 1. The minimum atomic E-state index is -4.60. The average Bonchev–Trinajstić information content (AvgIpc) is 2.11. The van der Waals surface area contributed by atoms with Crippen LogP contribution in [-0.2, 0) is 14.4 Å². The van der Waals surface area contributed by atoms with Gasteiger partial charge >= 0.3 is 6.18 Å². The van der Waals surface area contributed by atoms with E-state index in [2.05, 4.69) is 10.5 Å². The van der Waals surface area contributed by atoms with Crippen molar-refractivity contribution in [3.05, 3.63) is 10.6 Å². The van der Waals surface area contributed by atoms with Gasteiger partial charge < -0.3 is 5.43 Å². The summed E-state index contributed by atoms with van der Waals surface area (Å²) >= 11 is 5.52. The summed E-state index contributed by atoms with van der Waals surface area (Å²) in [6.07, 6.45) is -3.61. The van der Waals surface area contributed by atoms with E-state index in [-0.39, 0.29) is 5.71 Å². The van der Waals surface area contributed by atoms with Crippen molar-refractivity contribution in [2.75, 3.05) is 19.1 Å². The molecule has 100 valence electrons. The molecule has 0 aliphatic carbocycles. The summed E-state index contributed by atoms with van der Waals surface area (Å²) in [5.74, 6) is -0.555. The molecule has 0 saturated carbocycles. The van der Waals surface area contributed by atoms with Crippen LogP contribution in [0.3, 0.4) is 0 Å².